The fourth-order valence-corrected chi connectivity index (χ4v) is 2.41. The van der Waals surface area contributed by atoms with Crippen LogP contribution in [0.2, 0.25) is 0 Å². The number of amides is 1. The molecule has 0 spiro atoms. The summed E-state index contributed by atoms with van der Waals surface area (Å²) >= 11 is 0. The summed E-state index contributed by atoms with van der Waals surface area (Å²) in [5, 5.41) is 2.83. The molecule has 0 aliphatic carbocycles. The van der Waals surface area contributed by atoms with E-state index in [9.17, 15) is 4.79 Å². The lowest BCUT2D eigenvalue weighted by Crippen LogP contribution is -2.20. The number of ether oxygens (including phenoxy) is 2. The van der Waals surface area contributed by atoms with Gasteiger partial charge in [0.25, 0.3) is 0 Å². The van der Waals surface area contributed by atoms with Crippen LogP contribution in [0.1, 0.15) is 11.1 Å². The second kappa shape index (κ2) is 8.66. The van der Waals surface area contributed by atoms with Gasteiger partial charge in [-0.3, -0.25) is 9.36 Å². The molecule has 0 saturated carbocycles. The Bertz CT molecular complexity index is 897. The van der Waals surface area contributed by atoms with Crippen LogP contribution in [0.4, 0.5) is 0 Å². The monoisotopic (exact) mass is 364 g/mol. The van der Waals surface area contributed by atoms with Crippen molar-refractivity contribution in [2.75, 3.05) is 14.2 Å². The molecule has 0 bridgehead atoms. The number of nitrogens with zero attached hydrogens (tertiary/aromatic N) is 3. The van der Waals surface area contributed by atoms with Crippen molar-refractivity contribution in [1.29, 1.82) is 0 Å². The first kappa shape index (κ1) is 18.2. The maximum atomic E-state index is 12.1. The molecule has 138 valence electrons. The van der Waals surface area contributed by atoms with E-state index in [1.807, 2.05) is 35.0 Å². The van der Waals surface area contributed by atoms with Crippen LogP contribution in [0.3, 0.4) is 0 Å². The van der Waals surface area contributed by atoms with Crippen molar-refractivity contribution in [2.45, 2.75) is 6.54 Å². The number of imidazole rings is 1. The third kappa shape index (κ3) is 4.94. The highest BCUT2D eigenvalue weighted by atomic mass is 16.5. The van der Waals surface area contributed by atoms with Crippen LogP contribution < -0.4 is 14.8 Å². The topological polar surface area (TPSA) is 78.3 Å². The molecular formula is C20H20N4O3. The minimum atomic E-state index is -0.199. The minimum absolute atomic E-state index is 0.199. The first-order valence-corrected chi connectivity index (χ1v) is 8.30. The number of carbonyl (C=O) groups is 1. The summed E-state index contributed by atoms with van der Waals surface area (Å²) in [6.07, 6.45) is 10.1. The molecule has 0 aliphatic rings. The summed E-state index contributed by atoms with van der Waals surface area (Å²) in [6.45, 7) is 0.391. The number of carbonyl (C=O) groups excluding carboxylic acids is 1. The molecule has 0 atom stereocenters. The predicted octanol–water partition coefficient (Wildman–Crippen LogP) is 2.61. The molecule has 2 aromatic heterocycles. The predicted molar refractivity (Wildman–Crippen MR) is 102 cm³/mol. The average Bonchev–Trinajstić information content (AvgIpc) is 3.25. The van der Waals surface area contributed by atoms with E-state index in [4.69, 9.17) is 9.47 Å². The van der Waals surface area contributed by atoms with Crippen molar-refractivity contribution in [3.8, 4) is 17.3 Å². The number of pyridine rings is 1. The Morgan fingerprint density at radius 1 is 1.19 bits per heavy atom. The van der Waals surface area contributed by atoms with E-state index in [2.05, 4.69) is 15.3 Å². The summed E-state index contributed by atoms with van der Waals surface area (Å²) < 4.78 is 12.3. The van der Waals surface area contributed by atoms with Gasteiger partial charge < -0.3 is 14.8 Å². The van der Waals surface area contributed by atoms with Crippen molar-refractivity contribution in [2.24, 2.45) is 0 Å². The SMILES string of the molecule is COc1cc(/C=C/C(=O)NCc2ccc(-n3ccnc3)nc2)cc(OC)c1. The summed E-state index contributed by atoms with van der Waals surface area (Å²) in [5.74, 6) is 1.90. The molecule has 0 unspecified atom stereocenters. The molecule has 1 N–H and O–H groups in total. The number of hydrogen-bond acceptors (Lipinski definition) is 5. The van der Waals surface area contributed by atoms with E-state index in [-0.39, 0.29) is 5.91 Å². The summed E-state index contributed by atoms with van der Waals surface area (Å²) in [6, 6.07) is 9.22. The molecule has 3 rings (SSSR count). The van der Waals surface area contributed by atoms with Crippen molar-refractivity contribution in [3.05, 3.63) is 72.5 Å². The van der Waals surface area contributed by atoms with Gasteiger partial charge in [0.05, 0.1) is 14.2 Å². The van der Waals surface area contributed by atoms with Crippen molar-refractivity contribution in [1.82, 2.24) is 19.9 Å². The van der Waals surface area contributed by atoms with E-state index < -0.39 is 0 Å². The van der Waals surface area contributed by atoms with E-state index in [0.29, 0.717) is 18.0 Å². The zero-order valence-corrected chi connectivity index (χ0v) is 15.1. The summed E-state index contributed by atoms with van der Waals surface area (Å²) in [4.78, 5) is 20.4. The van der Waals surface area contributed by atoms with Gasteiger partial charge in [0.2, 0.25) is 5.91 Å². The maximum Gasteiger partial charge on any atom is 0.244 e. The minimum Gasteiger partial charge on any atom is -0.497 e. The number of aromatic nitrogens is 3. The Kier molecular flexibility index (Phi) is 5.84. The number of rotatable bonds is 7. The van der Waals surface area contributed by atoms with Crippen molar-refractivity contribution < 1.29 is 14.3 Å². The lowest BCUT2D eigenvalue weighted by atomic mass is 10.2. The first-order chi connectivity index (χ1) is 13.2. The molecule has 7 heteroatoms. The van der Waals surface area contributed by atoms with Gasteiger partial charge in [0.15, 0.2) is 0 Å². The molecule has 7 nitrogen and oxygen atoms in total. The Balaban J connectivity index is 1.57. The van der Waals surface area contributed by atoms with Gasteiger partial charge >= 0.3 is 0 Å². The molecule has 3 aromatic rings. The molecule has 1 amide bonds. The van der Waals surface area contributed by atoms with Gasteiger partial charge in [-0.05, 0) is 35.4 Å². The maximum absolute atomic E-state index is 12.1. The number of nitrogens with one attached hydrogen (secondary N) is 1. The molecular weight excluding hydrogens is 344 g/mol. The van der Waals surface area contributed by atoms with Crippen LogP contribution in [0, 0.1) is 0 Å². The second-order valence-electron chi connectivity index (χ2n) is 5.69. The number of hydrogen-bond donors (Lipinski definition) is 1. The second-order valence-corrected chi connectivity index (χ2v) is 5.69. The smallest absolute Gasteiger partial charge is 0.244 e. The standard InChI is InChI=1S/C20H20N4O3/c1-26-17-9-15(10-18(11-17)27-2)4-6-20(25)23-13-16-3-5-19(22-12-16)24-8-7-21-14-24/h3-12,14H,13H2,1-2H3,(H,23,25)/b6-4+. The molecule has 0 fully saturated rings. The van der Waals surface area contributed by atoms with Crippen molar-refractivity contribution in [3.63, 3.8) is 0 Å². The Labute approximate surface area is 157 Å². The number of benzene rings is 1. The van der Waals surface area contributed by atoms with E-state index in [0.717, 1.165) is 16.9 Å². The van der Waals surface area contributed by atoms with Crippen LogP contribution in [0.5, 0.6) is 11.5 Å². The highest BCUT2D eigenvalue weighted by molar-refractivity contribution is 5.91. The Morgan fingerprint density at radius 2 is 1.96 bits per heavy atom. The van der Waals surface area contributed by atoms with Gasteiger partial charge in [-0.2, -0.15) is 0 Å². The van der Waals surface area contributed by atoms with Crippen LogP contribution in [0.15, 0.2) is 61.3 Å². The molecule has 1 aromatic carbocycles. The highest BCUT2D eigenvalue weighted by Gasteiger charge is 2.02. The number of methoxy groups -OCH3 is 2. The highest BCUT2D eigenvalue weighted by Crippen LogP contribution is 2.23. The Morgan fingerprint density at radius 3 is 2.56 bits per heavy atom. The average molecular weight is 364 g/mol. The van der Waals surface area contributed by atoms with E-state index >= 15 is 0 Å². The molecule has 2 heterocycles. The third-order valence-electron chi connectivity index (χ3n) is 3.85. The molecule has 0 saturated heterocycles. The zero-order valence-electron chi connectivity index (χ0n) is 15.1. The quantitative estimate of drug-likeness (QED) is 0.652. The Hall–Kier alpha value is -3.61. The third-order valence-corrected chi connectivity index (χ3v) is 3.85. The molecule has 27 heavy (non-hydrogen) atoms. The van der Waals surface area contributed by atoms with Crippen LogP contribution in [0.25, 0.3) is 11.9 Å². The van der Waals surface area contributed by atoms with Gasteiger partial charge in [0.1, 0.15) is 23.6 Å². The molecule has 0 radical (unpaired) electrons. The van der Waals surface area contributed by atoms with Crippen LogP contribution in [-0.4, -0.2) is 34.7 Å². The normalized spacial score (nSPS) is 10.7. The molecule has 0 aliphatic heterocycles. The summed E-state index contributed by atoms with van der Waals surface area (Å²) in [7, 11) is 3.17. The largest absolute Gasteiger partial charge is 0.497 e. The fraction of sp³-hybridized carbons (Fsp3) is 0.150. The first-order valence-electron chi connectivity index (χ1n) is 8.30. The van der Waals surface area contributed by atoms with E-state index in [1.165, 1.54) is 6.08 Å². The van der Waals surface area contributed by atoms with Crippen LogP contribution in [-0.2, 0) is 11.3 Å². The lowest BCUT2D eigenvalue weighted by Gasteiger charge is -2.06. The van der Waals surface area contributed by atoms with Gasteiger partial charge in [-0.15, -0.1) is 0 Å². The van der Waals surface area contributed by atoms with Gasteiger partial charge in [-0.25, -0.2) is 9.97 Å². The lowest BCUT2D eigenvalue weighted by molar-refractivity contribution is -0.116. The van der Waals surface area contributed by atoms with Crippen molar-refractivity contribution >= 4 is 12.0 Å². The van der Waals surface area contributed by atoms with Gasteiger partial charge in [0, 0.05) is 37.3 Å². The van der Waals surface area contributed by atoms with Gasteiger partial charge in [-0.1, -0.05) is 6.07 Å². The summed E-state index contributed by atoms with van der Waals surface area (Å²) in [5.41, 5.74) is 1.72. The zero-order chi connectivity index (χ0) is 19.1. The van der Waals surface area contributed by atoms with Crippen LogP contribution >= 0.6 is 0 Å². The fourth-order valence-electron chi connectivity index (χ4n) is 2.41. The van der Waals surface area contributed by atoms with E-state index in [1.54, 1.807) is 45.1 Å².